The second-order valence-electron chi connectivity index (χ2n) is 4.87. The van der Waals surface area contributed by atoms with Gasteiger partial charge in [0.05, 0.1) is 17.7 Å². The van der Waals surface area contributed by atoms with Crippen LogP contribution in [0.5, 0.6) is 0 Å². The van der Waals surface area contributed by atoms with Gasteiger partial charge in [0.15, 0.2) is 0 Å². The second kappa shape index (κ2) is 6.12. The summed E-state index contributed by atoms with van der Waals surface area (Å²) in [5, 5.41) is 14.5. The number of anilines is 1. The number of para-hydroxylation sites is 1. The van der Waals surface area contributed by atoms with Crippen LogP contribution < -0.4 is 5.32 Å². The van der Waals surface area contributed by atoms with Crippen molar-refractivity contribution in [2.24, 2.45) is 0 Å². The van der Waals surface area contributed by atoms with E-state index in [-0.39, 0.29) is 0 Å². The fourth-order valence-electron chi connectivity index (χ4n) is 2.38. The maximum Gasteiger partial charge on any atom is 0.123 e. The van der Waals surface area contributed by atoms with E-state index in [1.165, 1.54) is 11.8 Å². The maximum atomic E-state index is 9.52. The van der Waals surface area contributed by atoms with Crippen LogP contribution >= 0.6 is 11.8 Å². The van der Waals surface area contributed by atoms with E-state index in [0.717, 1.165) is 33.1 Å². The summed E-state index contributed by atoms with van der Waals surface area (Å²) in [5.74, 6) is 1.72. The molecule has 0 amide bonds. The second-order valence-corrected chi connectivity index (χ2v) is 5.66. The number of benzene rings is 1. The van der Waals surface area contributed by atoms with E-state index in [4.69, 9.17) is 4.42 Å². The molecular formula is C17H15N3OS. The van der Waals surface area contributed by atoms with Crippen molar-refractivity contribution in [3.8, 4) is 6.07 Å². The summed E-state index contributed by atoms with van der Waals surface area (Å²) in [6.07, 6.45) is 1.93. The number of fused-ring (bicyclic) bond motifs is 1. The lowest BCUT2D eigenvalue weighted by atomic mass is 10.1. The molecule has 22 heavy (non-hydrogen) atoms. The number of pyridine rings is 1. The number of rotatable bonds is 4. The molecule has 110 valence electrons. The molecule has 0 aliphatic rings. The Bertz CT molecular complexity index is 864. The lowest BCUT2D eigenvalue weighted by Gasteiger charge is -2.13. The highest BCUT2D eigenvalue weighted by molar-refractivity contribution is 7.98. The van der Waals surface area contributed by atoms with Crippen LogP contribution in [-0.2, 0) is 6.54 Å². The molecule has 0 radical (unpaired) electrons. The molecule has 3 rings (SSSR count). The van der Waals surface area contributed by atoms with Crippen molar-refractivity contribution in [2.45, 2.75) is 18.5 Å². The number of nitrogens with one attached hydrogen (secondary N) is 1. The van der Waals surface area contributed by atoms with Crippen molar-refractivity contribution in [1.82, 2.24) is 4.98 Å². The molecule has 0 saturated heterocycles. The van der Waals surface area contributed by atoms with E-state index in [2.05, 4.69) is 16.4 Å². The zero-order valence-electron chi connectivity index (χ0n) is 12.4. The van der Waals surface area contributed by atoms with Gasteiger partial charge in [0.1, 0.15) is 28.2 Å². The molecule has 5 heteroatoms. The SMILES string of the molecule is CSc1nc2ccccc2c(NCc2ccc(C)o2)c1C#N. The average molecular weight is 309 g/mol. The highest BCUT2D eigenvalue weighted by Gasteiger charge is 2.14. The monoisotopic (exact) mass is 309 g/mol. The summed E-state index contributed by atoms with van der Waals surface area (Å²) in [5.41, 5.74) is 2.27. The zero-order valence-corrected chi connectivity index (χ0v) is 13.2. The van der Waals surface area contributed by atoms with Gasteiger partial charge in [-0.25, -0.2) is 4.98 Å². The first-order valence-corrected chi connectivity index (χ1v) is 8.11. The summed E-state index contributed by atoms with van der Waals surface area (Å²) >= 11 is 1.48. The minimum atomic E-state index is 0.532. The van der Waals surface area contributed by atoms with Crippen molar-refractivity contribution >= 4 is 28.4 Å². The summed E-state index contributed by atoms with van der Waals surface area (Å²) in [4.78, 5) is 4.56. The number of nitriles is 1. The van der Waals surface area contributed by atoms with Gasteiger partial charge < -0.3 is 9.73 Å². The van der Waals surface area contributed by atoms with Crippen molar-refractivity contribution in [1.29, 1.82) is 5.26 Å². The topological polar surface area (TPSA) is 61.9 Å². The highest BCUT2D eigenvalue weighted by Crippen LogP contribution is 2.32. The number of thioether (sulfide) groups is 1. The fraction of sp³-hybridized carbons (Fsp3) is 0.176. The number of hydrogen-bond acceptors (Lipinski definition) is 5. The number of furan rings is 1. The van der Waals surface area contributed by atoms with Crippen LogP contribution in [0.3, 0.4) is 0 Å². The Morgan fingerprint density at radius 3 is 2.77 bits per heavy atom. The number of hydrogen-bond donors (Lipinski definition) is 1. The molecule has 2 heterocycles. The first-order valence-electron chi connectivity index (χ1n) is 6.89. The summed E-state index contributed by atoms with van der Waals surface area (Å²) in [6, 6.07) is 14.0. The van der Waals surface area contributed by atoms with Crippen LogP contribution in [0.2, 0.25) is 0 Å². The van der Waals surface area contributed by atoms with E-state index in [0.29, 0.717) is 12.1 Å². The van der Waals surface area contributed by atoms with Crippen LogP contribution in [0.25, 0.3) is 10.9 Å². The standard InChI is InChI=1S/C17H15N3OS/c1-11-7-8-12(21-11)10-19-16-13-5-3-4-6-15(13)20-17(22-2)14(16)9-18/h3-8H,10H2,1-2H3,(H,19,20). The van der Waals surface area contributed by atoms with Crippen LogP contribution in [-0.4, -0.2) is 11.2 Å². The Hall–Kier alpha value is -2.45. The van der Waals surface area contributed by atoms with Gasteiger partial charge in [-0.1, -0.05) is 18.2 Å². The number of aromatic nitrogens is 1. The first kappa shape index (κ1) is 14.5. The summed E-state index contributed by atoms with van der Waals surface area (Å²) in [7, 11) is 0. The minimum absolute atomic E-state index is 0.532. The Balaban J connectivity index is 2.07. The molecule has 1 N–H and O–H groups in total. The predicted molar refractivity (Wildman–Crippen MR) is 89.0 cm³/mol. The van der Waals surface area contributed by atoms with E-state index in [9.17, 15) is 5.26 Å². The molecule has 0 unspecified atom stereocenters. The van der Waals surface area contributed by atoms with Gasteiger partial charge in [-0.3, -0.25) is 0 Å². The normalized spacial score (nSPS) is 10.6. The Morgan fingerprint density at radius 1 is 1.27 bits per heavy atom. The average Bonchev–Trinajstić information content (AvgIpc) is 2.97. The molecule has 1 aromatic carbocycles. The third kappa shape index (κ3) is 2.66. The van der Waals surface area contributed by atoms with E-state index in [1.807, 2.05) is 49.6 Å². The van der Waals surface area contributed by atoms with Crippen LogP contribution in [0.1, 0.15) is 17.1 Å². The fourth-order valence-corrected chi connectivity index (χ4v) is 2.92. The van der Waals surface area contributed by atoms with Crippen LogP contribution in [0.4, 0.5) is 5.69 Å². The number of nitrogens with zero attached hydrogens (tertiary/aromatic N) is 2. The Labute approximate surface area is 133 Å². The summed E-state index contributed by atoms with van der Waals surface area (Å²) in [6.45, 7) is 2.45. The van der Waals surface area contributed by atoms with Crippen molar-refractivity contribution in [3.63, 3.8) is 0 Å². The molecular weight excluding hydrogens is 294 g/mol. The Kier molecular flexibility index (Phi) is 4.03. The first-order chi connectivity index (χ1) is 10.7. The maximum absolute atomic E-state index is 9.52. The molecule has 4 nitrogen and oxygen atoms in total. The molecule has 0 fully saturated rings. The van der Waals surface area contributed by atoms with Gasteiger partial charge in [0.2, 0.25) is 0 Å². The molecule has 0 bridgehead atoms. The molecule has 0 spiro atoms. The minimum Gasteiger partial charge on any atom is -0.465 e. The van der Waals surface area contributed by atoms with Crippen LogP contribution in [0.15, 0.2) is 45.8 Å². The molecule has 0 saturated carbocycles. The van der Waals surface area contributed by atoms with Gasteiger partial charge in [0, 0.05) is 5.39 Å². The number of aryl methyl sites for hydroxylation is 1. The quantitative estimate of drug-likeness (QED) is 0.726. The Morgan fingerprint density at radius 2 is 2.09 bits per heavy atom. The van der Waals surface area contributed by atoms with Crippen molar-refractivity contribution in [3.05, 3.63) is 53.5 Å². The van der Waals surface area contributed by atoms with Gasteiger partial charge in [-0.15, -0.1) is 11.8 Å². The van der Waals surface area contributed by atoms with Crippen molar-refractivity contribution < 1.29 is 4.42 Å². The summed E-state index contributed by atoms with van der Waals surface area (Å²) < 4.78 is 5.58. The third-order valence-electron chi connectivity index (χ3n) is 3.40. The van der Waals surface area contributed by atoms with Gasteiger partial charge in [-0.2, -0.15) is 5.26 Å². The predicted octanol–water partition coefficient (Wildman–Crippen LogP) is 4.34. The van der Waals surface area contributed by atoms with Gasteiger partial charge >= 0.3 is 0 Å². The molecule has 2 aromatic heterocycles. The van der Waals surface area contributed by atoms with Gasteiger partial charge in [-0.05, 0) is 31.4 Å². The lowest BCUT2D eigenvalue weighted by Crippen LogP contribution is -2.03. The lowest BCUT2D eigenvalue weighted by molar-refractivity contribution is 0.490. The van der Waals surface area contributed by atoms with Crippen molar-refractivity contribution in [2.75, 3.05) is 11.6 Å². The van der Waals surface area contributed by atoms with E-state index in [1.54, 1.807) is 0 Å². The van der Waals surface area contributed by atoms with Crippen LogP contribution in [0, 0.1) is 18.3 Å². The van der Waals surface area contributed by atoms with E-state index >= 15 is 0 Å². The molecule has 3 aromatic rings. The highest BCUT2D eigenvalue weighted by atomic mass is 32.2. The molecule has 0 aliphatic carbocycles. The molecule has 0 atom stereocenters. The van der Waals surface area contributed by atoms with Gasteiger partial charge in [0.25, 0.3) is 0 Å². The third-order valence-corrected chi connectivity index (χ3v) is 4.08. The molecule has 0 aliphatic heterocycles. The smallest absolute Gasteiger partial charge is 0.123 e. The largest absolute Gasteiger partial charge is 0.465 e. The zero-order chi connectivity index (χ0) is 15.5. The van der Waals surface area contributed by atoms with E-state index < -0.39 is 0 Å².